The Hall–Kier alpha value is -1.79. The van der Waals surface area contributed by atoms with Gasteiger partial charge in [-0.2, -0.15) is 0 Å². The van der Waals surface area contributed by atoms with E-state index in [1.807, 2.05) is 18.2 Å². The predicted octanol–water partition coefficient (Wildman–Crippen LogP) is 1.18. The SMILES string of the molecule is NCCN(CCc1ccccc1)C(=O)c1csnn1. The summed E-state index contributed by atoms with van der Waals surface area (Å²) >= 11 is 1.18. The van der Waals surface area contributed by atoms with Crippen molar-refractivity contribution in [1.29, 1.82) is 0 Å². The van der Waals surface area contributed by atoms with Gasteiger partial charge in [-0.1, -0.05) is 34.8 Å². The molecule has 0 saturated carbocycles. The largest absolute Gasteiger partial charge is 0.336 e. The van der Waals surface area contributed by atoms with Crippen molar-refractivity contribution in [3.05, 3.63) is 47.0 Å². The molecule has 1 amide bonds. The smallest absolute Gasteiger partial charge is 0.275 e. The van der Waals surface area contributed by atoms with Gasteiger partial charge in [0.15, 0.2) is 5.69 Å². The normalized spacial score (nSPS) is 10.4. The highest BCUT2D eigenvalue weighted by atomic mass is 32.1. The van der Waals surface area contributed by atoms with E-state index in [0.29, 0.717) is 25.3 Å². The van der Waals surface area contributed by atoms with E-state index in [9.17, 15) is 4.79 Å². The van der Waals surface area contributed by atoms with E-state index in [1.54, 1.807) is 10.3 Å². The van der Waals surface area contributed by atoms with Crippen LogP contribution in [0.3, 0.4) is 0 Å². The Morgan fingerprint density at radius 1 is 1.26 bits per heavy atom. The predicted molar refractivity (Wildman–Crippen MR) is 75.0 cm³/mol. The third kappa shape index (κ3) is 3.84. The van der Waals surface area contributed by atoms with Crippen LogP contribution in [0.25, 0.3) is 0 Å². The molecular weight excluding hydrogens is 260 g/mol. The van der Waals surface area contributed by atoms with Gasteiger partial charge in [0.2, 0.25) is 0 Å². The number of rotatable bonds is 6. The maximum absolute atomic E-state index is 12.2. The van der Waals surface area contributed by atoms with Crippen molar-refractivity contribution in [3.63, 3.8) is 0 Å². The molecule has 2 aromatic rings. The Kier molecular flexibility index (Phi) is 5.00. The number of aromatic nitrogens is 2. The molecule has 2 N–H and O–H groups in total. The van der Waals surface area contributed by atoms with Gasteiger partial charge in [0.05, 0.1) is 0 Å². The van der Waals surface area contributed by atoms with Crippen molar-refractivity contribution in [1.82, 2.24) is 14.5 Å². The van der Waals surface area contributed by atoms with E-state index in [1.165, 1.54) is 17.1 Å². The first kappa shape index (κ1) is 13.6. The summed E-state index contributed by atoms with van der Waals surface area (Å²) in [6, 6.07) is 10.1. The average molecular weight is 276 g/mol. The molecule has 0 bridgehead atoms. The minimum atomic E-state index is -0.102. The summed E-state index contributed by atoms with van der Waals surface area (Å²) in [6.07, 6.45) is 0.810. The fourth-order valence-corrected chi connectivity index (χ4v) is 2.23. The van der Waals surface area contributed by atoms with Crippen molar-refractivity contribution < 1.29 is 4.79 Å². The molecule has 6 heteroatoms. The summed E-state index contributed by atoms with van der Waals surface area (Å²) in [5.41, 5.74) is 7.16. The number of nitrogens with two attached hydrogens (primary N) is 1. The van der Waals surface area contributed by atoms with Crippen LogP contribution in [0.2, 0.25) is 0 Å². The Labute approximate surface area is 116 Å². The highest BCUT2D eigenvalue weighted by Crippen LogP contribution is 2.06. The van der Waals surface area contributed by atoms with E-state index in [2.05, 4.69) is 21.7 Å². The van der Waals surface area contributed by atoms with Crippen LogP contribution in [-0.2, 0) is 6.42 Å². The molecule has 1 aromatic carbocycles. The zero-order valence-electron chi connectivity index (χ0n) is 10.5. The average Bonchev–Trinajstić information content (AvgIpc) is 2.98. The first-order valence-corrected chi connectivity index (χ1v) is 6.95. The molecular formula is C13H16N4OS. The summed E-state index contributed by atoms with van der Waals surface area (Å²) in [4.78, 5) is 13.9. The Bertz CT molecular complexity index is 501. The highest BCUT2D eigenvalue weighted by Gasteiger charge is 2.17. The van der Waals surface area contributed by atoms with Crippen molar-refractivity contribution in [3.8, 4) is 0 Å². The minimum absolute atomic E-state index is 0.102. The van der Waals surface area contributed by atoms with Crippen LogP contribution in [0.15, 0.2) is 35.7 Å². The van der Waals surface area contributed by atoms with Crippen LogP contribution >= 0.6 is 11.5 Å². The highest BCUT2D eigenvalue weighted by molar-refractivity contribution is 7.03. The fraction of sp³-hybridized carbons (Fsp3) is 0.308. The second-order valence-electron chi connectivity index (χ2n) is 4.11. The molecule has 100 valence electrons. The molecule has 1 heterocycles. The van der Waals surface area contributed by atoms with Gasteiger partial charge >= 0.3 is 0 Å². The number of carbonyl (C=O) groups excluding carboxylic acids is 1. The van der Waals surface area contributed by atoms with Crippen LogP contribution in [-0.4, -0.2) is 40.0 Å². The fourth-order valence-electron chi connectivity index (χ4n) is 1.80. The third-order valence-corrected chi connectivity index (χ3v) is 3.28. The molecule has 0 aliphatic rings. The molecule has 0 unspecified atom stereocenters. The van der Waals surface area contributed by atoms with Gasteiger partial charge in [-0.15, -0.1) is 5.10 Å². The van der Waals surface area contributed by atoms with E-state index >= 15 is 0 Å². The van der Waals surface area contributed by atoms with Crippen molar-refractivity contribution in [2.45, 2.75) is 6.42 Å². The second-order valence-corrected chi connectivity index (χ2v) is 4.72. The summed E-state index contributed by atoms with van der Waals surface area (Å²) in [5.74, 6) is -0.102. The standard InChI is InChI=1S/C13H16N4OS/c14-7-9-17(13(18)12-10-19-16-15-12)8-6-11-4-2-1-3-5-11/h1-5,10H,6-9,14H2. The van der Waals surface area contributed by atoms with Gasteiger partial charge in [0.25, 0.3) is 5.91 Å². The molecule has 0 aliphatic heterocycles. The number of hydrogen-bond acceptors (Lipinski definition) is 5. The van der Waals surface area contributed by atoms with Gasteiger partial charge in [-0.05, 0) is 23.5 Å². The summed E-state index contributed by atoms with van der Waals surface area (Å²) < 4.78 is 3.72. The summed E-state index contributed by atoms with van der Waals surface area (Å²) in [7, 11) is 0. The van der Waals surface area contributed by atoms with Gasteiger partial charge in [-0.3, -0.25) is 4.79 Å². The number of hydrogen-bond donors (Lipinski definition) is 1. The minimum Gasteiger partial charge on any atom is -0.336 e. The van der Waals surface area contributed by atoms with Crippen molar-refractivity contribution >= 4 is 17.4 Å². The van der Waals surface area contributed by atoms with Gasteiger partial charge < -0.3 is 10.6 Å². The summed E-state index contributed by atoms with van der Waals surface area (Å²) in [5, 5.41) is 5.47. The van der Waals surface area contributed by atoms with Crippen LogP contribution in [0.4, 0.5) is 0 Å². The molecule has 5 nitrogen and oxygen atoms in total. The van der Waals surface area contributed by atoms with Gasteiger partial charge in [-0.25, -0.2) is 0 Å². The molecule has 0 fully saturated rings. The van der Waals surface area contributed by atoms with Crippen LogP contribution in [0.5, 0.6) is 0 Å². The molecule has 0 spiro atoms. The maximum atomic E-state index is 12.2. The molecule has 2 rings (SSSR count). The molecule has 19 heavy (non-hydrogen) atoms. The van der Waals surface area contributed by atoms with Gasteiger partial charge in [0.1, 0.15) is 0 Å². The quantitative estimate of drug-likeness (QED) is 0.860. The van der Waals surface area contributed by atoms with E-state index in [-0.39, 0.29) is 5.91 Å². The van der Waals surface area contributed by atoms with E-state index in [0.717, 1.165) is 6.42 Å². The number of benzene rings is 1. The lowest BCUT2D eigenvalue weighted by Gasteiger charge is -2.20. The first-order valence-electron chi connectivity index (χ1n) is 6.11. The van der Waals surface area contributed by atoms with E-state index < -0.39 is 0 Å². The molecule has 0 radical (unpaired) electrons. The molecule has 0 saturated heterocycles. The Balaban J connectivity index is 1.98. The number of nitrogens with zero attached hydrogens (tertiary/aromatic N) is 3. The molecule has 1 aromatic heterocycles. The lowest BCUT2D eigenvalue weighted by molar-refractivity contribution is 0.0756. The van der Waals surface area contributed by atoms with Crippen LogP contribution in [0, 0.1) is 0 Å². The van der Waals surface area contributed by atoms with Crippen molar-refractivity contribution in [2.75, 3.05) is 19.6 Å². The van der Waals surface area contributed by atoms with Gasteiger partial charge in [0, 0.05) is 25.0 Å². The molecule has 0 atom stereocenters. The van der Waals surface area contributed by atoms with Crippen molar-refractivity contribution in [2.24, 2.45) is 5.73 Å². The Morgan fingerprint density at radius 2 is 2.05 bits per heavy atom. The maximum Gasteiger partial charge on any atom is 0.275 e. The lowest BCUT2D eigenvalue weighted by Crippen LogP contribution is -2.37. The zero-order valence-corrected chi connectivity index (χ0v) is 11.3. The third-order valence-electron chi connectivity index (χ3n) is 2.78. The molecule has 0 aliphatic carbocycles. The van der Waals surface area contributed by atoms with Crippen LogP contribution < -0.4 is 5.73 Å². The number of carbonyl (C=O) groups is 1. The lowest BCUT2D eigenvalue weighted by atomic mass is 10.1. The van der Waals surface area contributed by atoms with Crippen LogP contribution in [0.1, 0.15) is 16.1 Å². The second kappa shape index (κ2) is 6.96. The zero-order chi connectivity index (χ0) is 13.5. The topological polar surface area (TPSA) is 72.1 Å². The number of amides is 1. The summed E-state index contributed by atoms with van der Waals surface area (Å²) in [6.45, 7) is 1.61. The monoisotopic (exact) mass is 276 g/mol. The Morgan fingerprint density at radius 3 is 2.68 bits per heavy atom. The first-order chi connectivity index (χ1) is 9.31. The van der Waals surface area contributed by atoms with E-state index in [4.69, 9.17) is 5.73 Å².